The number of anilines is 2. The summed E-state index contributed by atoms with van der Waals surface area (Å²) >= 11 is 6.03. The summed E-state index contributed by atoms with van der Waals surface area (Å²) in [4.78, 5) is 14.3. The topological polar surface area (TPSA) is 51.1 Å². The van der Waals surface area contributed by atoms with Crippen molar-refractivity contribution in [1.29, 1.82) is 0 Å². The maximum Gasteiger partial charge on any atom is 0.287 e. The minimum atomic E-state index is -3.08. The van der Waals surface area contributed by atoms with Gasteiger partial charge in [0.05, 0.1) is 12.8 Å². The van der Waals surface area contributed by atoms with E-state index in [0.717, 1.165) is 37.1 Å². The van der Waals surface area contributed by atoms with E-state index in [0.29, 0.717) is 11.7 Å². The zero-order valence-corrected chi connectivity index (χ0v) is 13.9. The van der Waals surface area contributed by atoms with Gasteiger partial charge < -0.3 is 9.64 Å². The van der Waals surface area contributed by atoms with Crippen molar-refractivity contribution in [2.45, 2.75) is 31.1 Å². The molecule has 1 spiro atoms. The number of pyridine rings is 1. The summed E-state index contributed by atoms with van der Waals surface area (Å²) in [5.41, 5.74) is 1.53. The summed E-state index contributed by atoms with van der Waals surface area (Å²) in [7, 11) is 1.39. The maximum atomic E-state index is 13.8. The molecule has 1 fully saturated rings. The average molecular weight is 353 g/mol. The Bertz CT molecular complexity index is 820. The van der Waals surface area contributed by atoms with Crippen LogP contribution in [0.15, 0.2) is 18.3 Å². The van der Waals surface area contributed by atoms with E-state index in [9.17, 15) is 8.78 Å². The molecule has 24 heavy (non-hydrogen) atoms. The van der Waals surface area contributed by atoms with E-state index >= 15 is 0 Å². The van der Waals surface area contributed by atoms with Gasteiger partial charge >= 0.3 is 0 Å². The van der Waals surface area contributed by atoms with Gasteiger partial charge in [-0.05, 0) is 18.9 Å². The summed E-state index contributed by atoms with van der Waals surface area (Å²) in [5, 5.41) is 0.348. The highest BCUT2D eigenvalue weighted by Gasteiger charge is 2.53. The quantitative estimate of drug-likeness (QED) is 0.786. The predicted molar refractivity (Wildman–Crippen MR) is 85.3 cm³/mol. The molecule has 2 aliphatic rings. The van der Waals surface area contributed by atoms with Crippen LogP contribution in [-0.4, -0.2) is 28.6 Å². The van der Waals surface area contributed by atoms with Crippen molar-refractivity contribution in [2.75, 3.05) is 18.6 Å². The molecule has 0 unspecified atom stereocenters. The van der Waals surface area contributed by atoms with E-state index in [1.54, 1.807) is 12.3 Å². The van der Waals surface area contributed by atoms with Crippen LogP contribution in [0.25, 0.3) is 0 Å². The van der Waals surface area contributed by atoms with E-state index < -0.39 is 5.92 Å². The maximum absolute atomic E-state index is 13.8. The lowest BCUT2D eigenvalue weighted by molar-refractivity contribution is 0.0124. The number of hydrogen-bond donors (Lipinski definition) is 0. The Morgan fingerprint density at radius 2 is 2.04 bits per heavy atom. The van der Waals surface area contributed by atoms with Crippen LogP contribution in [0.5, 0.6) is 5.88 Å². The van der Waals surface area contributed by atoms with Crippen LogP contribution in [-0.2, 0) is 11.3 Å². The molecule has 1 aliphatic carbocycles. The third-order valence-corrected chi connectivity index (χ3v) is 4.82. The van der Waals surface area contributed by atoms with Crippen molar-refractivity contribution >= 4 is 23.2 Å². The Morgan fingerprint density at radius 1 is 1.29 bits per heavy atom. The molecule has 0 N–H and O–H groups in total. The molecule has 126 valence electrons. The zero-order valence-electron chi connectivity index (χ0n) is 13.2. The molecule has 1 aliphatic heterocycles. The van der Waals surface area contributed by atoms with Gasteiger partial charge in [0.1, 0.15) is 10.8 Å². The van der Waals surface area contributed by atoms with Crippen molar-refractivity contribution in [2.24, 2.45) is 0 Å². The average Bonchev–Trinajstić information content (AvgIpc) is 3.24. The van der Waals surface area contributed by atoms with Gasteiger partial charge in [0, 0.05) is 36.7 Å². The molecule has 0 saturated heterocycles. The van der Waals surface area contributed by atoms with Gasteiger partial charge in [0.15, 0.2) is 0 Å². The van der Waals surface area contributed by atoms with Crippen LogP contribution in [0.2, 0.25) is 5.15 Å². The first-order chi connectivity index (χ1) is 11.3. The fourth-order valence-corrected chi connectivity index (χ4v) is 3.30. The summed E-state index contributed by atoms with van der Waals surface area (Å²) in [6.45, 7) is 1.44. The molecule has 3 heterocycles. The number of aromatic nitrogens is 3. The van der Waals surface area contributed by atoms with Gasteiger partial charge in [-0.1, -0.05) is 11.6 Å². The first-order valence-corrected chi connectivity index (χ1v) is 7.95. The molecule has 0 bridgehead atoms. The number of methoxy groups -OCH3 is 1. The van der Waals surface area contributed by atoms with Gasteiger partial charge in [-0.15, -0.1) is 0 Å². The summed E-state index contributed by atoms with van der Waals surface area (Å²) in [5.74, 6) is -2.78. The minimum absolute atomic E-state index is 0.00819. The number of fused-ring (bicyclic) bond motifs is 2. The number of halogens is 3. The monoisotopic (exact) mass is 352 g/mol. The van der Waals surface area contributed by atoms with Crippen molar-refractivity contribution in [1.82, 2.24) is 15.0 Å². The molecule has 2 aromatic heterocycles. The Labute approximate surface area is 142 Å². The van der Waals surface area contributed by atoms with Crippen LogP contribution in [0, 0.1) is 0 Å². The third-order valence-electron chi connectivity index (χ3n) is 4.62. The summed E-state index contributed by atoms with van der Waals surface area (Å²) < 4.78 is 32.6. The van der Waals surface area contributed by atoms with Crippen LogP contribution in [0.1, 0.15) is 31.0 Å². The first-order valence-electron chi connectivity index (χ1n) is 7.57. The highest BCUT2D eigenvalue weighted by molar-refractivity contribution is 6.29. The molecule has 5 nitrogen and oxygen atoms in total. The zero-order chi connectivity index (χ0) is 17.1. The normalized spacial score (nSPS) is 18.0. The highest BCUT2D eigenvalue weighted by atomic mass is 35.5. The lowest BCUT2D eigenvalue weighted by Gasteiger charge is -2.20. The van der Waals surface area contributed by atoms with Crippen LogP contribution < -0.4 is 9.64 Å². The predicted octanol–water partition coefficient (Wildman–Crippen LogP) is 3.83. The molecule has 0 radical (unpaired) electrons. The van der Waals surface area contributed by atoms with Crippen LogP contribution >= 0.6 is 11.6 Å². The van der Waals surface area contributed by atoms with Crippen LogP contribution in [0.3, 0.4) is 0 Å². The van der Waals surface area contributed by atoms with Crippen molar-refractivity contribution < 1.29 is 13.5 Å². The molecule has 0 atom stereocenters. The third kappa shape index (κ3) is 2.38. The Hall–Kier alpha value is -2.02. The van der Waals surface area contributed by atoms with Crippen molar-refractivity contribution in [3.63, 3.8) is 0 Å². The van der Waals surface area contributed by atoms with E-state index in [1.165, 1.54) is 7.11 Å². The number of alkyl halides is 2. The summed E-state index contributed by atoms with van der Waals surface area (Å²) in [6.07, 6.45) is 3.82. The van der Waals surface area contributed by atoms with Gasteiger partial charge in [-0.2, -0.15) is 13.8 Å². The Kier molecular flexibility index (Phi) is 3.22. The Morgan fingerprint density at radius 3 is 2.67 bits per heavy atom. The lowest BCUT2D eigenvalue weighted by atomic mass is 10.0. The molecule has 0 amide bonds. The van der Waals surface area contributed by atoms with E-state index in [4.69, 9.17) is 16.3 Å². The van der Waals surface area contributed by atoms with Crippen LogP contribution in [0.4, 0.5) is 20.4 Å². The van der Waals surface area contributed by atoms with Crippen molar-refractivity contribution in [3.05, 3.63) is 34.7 Å². The molecular formula is C16H15ClF2N4O. The number of rotatable bonds is 3. The van der Waals surface area contributed by atoms with E-state index in [1.807, 2.05) is 4.90 Å². The van der Waals surface area contributed by atoms with Gasteiger partial charge in [0.2, 0.25) is 11.8 Å². The number of ether oxygens (including phenoxy) is 1. The van der Waals surface area contributed by atoms with Gasteiger partial charge in [-0.25, -0.2) is 9.97 Å². The van der Waals surface area contributed by atoms with E-state index in [2.05, 4.69) is 15.0 Å². The molecular weight excluding hydrogens is 338 g/mol. The molecule has 4 rings (SSSR count). The van der Waals surface area contributed by atoms with Crippen molar-refractivity contribution in [3.8, 4) is 5.88 Å². The van der Waals surface area contributed by atoms with Gasteiger partial charge in [0.25, 0.3) is 5.92 Å². The molecule has 2 aromatic rings. The SMILES string of the molecule is COc1cc(C(C)(F)F)nc(N2CC3(CC3)c3cnc(Cl)cc32)n1. The van der Waals surface area contributed by atoms with E-state index in [-0.39, 0.29) is 22.9 Å². The molecule has 0 aromatic carbocycles. The second-order valence-corrected chi connectivity index (χ2v) is 6.76. The second-order valence-electron chi connectivity index (χ2n) is 6.37. The fourth-order valence-electron chi connectivity index (χ4n) is 3.14. The summed E-state index contributed by atoms with van der Waals surface area (Å²) in [6, 6.07) is 2.89. The smallest absolute Gasteiger partial charge is 0.287 e. The standard InChI is InChI=1S/C16H15ClF2N4O/c1-15(18,19)11-6-13(24-2)22-14(21-11)23-8-16(3-4-16)9-7-20-12(17)5-10(9)23/h5-7H,3-4,8H2,1-2H3. The first kappa shape index (κ1) is 15.5. The molecule has 8 heteroatoms. The largest absolute Gasteiger partial charge is 0.481 e. The number of nitrogens with zero attached hydrogens (tertiary/aromatic N) is 4. The minimum Gasteiger partial charge on any atom is -0.481 e. The molecule has 1 saturated carbocycles. The highest BCUT2D eigenvalue weighted by Crippen LogP contribution is 2.57. The fraction of sp³-hybridized carbons (Fsp3) is 0.438. The Balaban J connectivity index is 1.84. The van der Waals surface area contributed by atoms with Gasteiger partial charge in [-0.3, -0.25) is 0 Å². The lowest BCUT2D eigenvalue weighted by Crippen LogP contribution is -2.23. The number of hydrogen-bond acceptors (Lipinski definition) is 5. The second kappa shape index (κ2) is 4.99.